The van der Waals surface area contributed by atoms with Crippen molar-refractivity contribution in [2.24, 2.45) is 11.7 Å². The van der Waals surface area contributed by atoms with E-state index in [9.17, 15) is 79.2 Å². The maximum atomic E-state index is 14.7. The Hall–Kier alpha value is -8.87. The van der Waals surface area contributed by atoms with Crippen LogP contribution in [-0.4, -0.2) is 213 Å². The number of phenols is 1. The zero-order valence-corrected chi connectivity index (χ0v) is 48.9. The molecule has 0 spiro atoms. The molecule has 0 saturated carbocycles. The van der Waals surface area contributed by atoms with Gasteiger partial charge in [0.1, 0.15) is 54.2 Å². The molecule has 90 heavy (non-hydrogen) atoms. The summed E-state index contributed by atoms with van der Waals surface area (Å²) < 4.78 is 20.4. The second kappa shape index (κ2) is 29.6. The van der Waals surface area contributed by atoms with Gasteiger partial charge < -0.3 is 96.3 Å². The van der Waals surface area contributed by atoms with Gasteiger partial charge in [-0.05, 0) is 84.3 Å². The third-order valence-corrected chi connectivity index (χ3v) is 15.7. The zero-order valence-electron chi connectivity index (χ0n) is 48.1. The van der Waals surface area contributed by atoms with E-state index < -0.39 is 183 Å². The zero-order chi connectivity index (χ0) is 65.2. The van der Waals surface area contributed by atoms with Crippen LogP contribution in [0.3, 0.4) is 0 Å². The van der Waals surface area contributed by atoms with E-state index in [4.69, 9.17) is 24.3 Å². The van der Waals surface area contributed by atoms with Crippen LogP contribution in [0.25, 0.3) is 34.0 Å². The first-order chi connectivity index (χ1) is 42.9. The summed E-state index contributed by atoms with van der Waals surface area (Å²) in [4.78, 5) is 115. The predicted molar refractivity (Wildman–Crippen MR) is 308 cm³/mol. The summed E-state index contributed by atoms with van der Waals surface area (Å²) in [5.74, 6) is -11.1. The molecule has 14 atom stereocenters. The Kier molecular flexibility index (Phi) is 22.1. The topological polar surface area (TPSA) is 487 Å². The molecule has 4 heterocycles. The van der Waals surface area contributed by atoms with E-state index in [2.05, 4.69) is 46.2 Å². The molecule has 5 aromatic rings. The number of aromatic hydroxyl groups is 1. The Morgan fingerprint density at radius 1 is 0.744 bits per heavy atom. The van der Waals surface area contributed by atoms with Crippen molar-refractivity contribution in [1.82, 2.24) is 46.6 Å². The van der Waals surface area contributed by atoms with Gasteiger partial charge in [0.15, 0.2) is 11.5 Å². The minimum atomic E-state index is -2.54. The molecular formula is C57H66N10O22S. The molecule has 3 fully saturated rings. The molecule has 0 radical (unpaired) electrons. The lowest BCUT2D eigenvalue weighted by Gasteiger charge is -2.34. The molecular weight excluding hydrogens is 1210 g/mol. The van der Waals surface area contributed by atoms with Gasteiger partial charge in [-0.25, -0.2) is 5.26 Å². The number of rotatable bonds is 17. The Bertz CT molecular complexity index is 3400. The van der Waals surface area contributed by atoms with Crippen LogP contribution in [0.4, 0.5) is 0 Å². The number of aliphatic hydroxyl groups is 7. The number of carbonyl (C=O) groups excluding carboxylic acids is 8. The van der Waals surface area contributed by atoms with Crippen molar-refractivity contribution in [2.75, 3.05) is 26.7 Å². The second-order valence-corrected chi connectivity index (χ2v) is 22.1. The van der Waals surface area contributed by atoms with Crippen molar-refractivity contribution in [1.29, 1.82) is 0 Å². The van der Waals surface area contributed by atoms with Gasteiger partial charge in [-0.15, -0.1) is 10.2 Å². The maximum Gasteiger partial charge on any atom is 0.261 e. The highest BCUT2D eigenvalue weighted by atomic mass is 32.2. The number of primary amides is 1. The molecule has 1 aromatic heterocycles. The first-order valence-corrected chi connectivity index (χ1v) is 28.5. The van der Waals surface area contributed by atoms with Gasteiger partial charge in [0.05, 0.1) is 44.1 Å². The van der Waals surface area contributed by atoms with Crippen LogP contribution in [0.15, 0.2) is 95.4 Å². The Morgan fingerprint density at radius 2 is 1.33 bits per heavy atom. The standard InChI is InChI=1S/C57H66N10O22S/c1-25-23-67-45(46(25)74)53(81)59-22-33(69)19-36(60-49(77)29-6-10-31(11-7-29)55-65-64-54(86-55)30-8-4-27(5-9-30)28-12-15-35(85-3)16-13-28)50(78)61-42(26(2)68)56(82)66-24-34(70)20-37(66)51(79)63-44(52(80)62-43(57(67)83)39(72)21-41(58)73)48(76)47(75)32-14-17-38(71)40(18-32)87-90-89-88-84/h4-18,25-26,33-34,36-37,39,42-48,68-72,74-76,84H,19-24H2,1-3H3,(H2,58,73)(H,59,81)(H,60,77)(H,61,78)(H,62,80)(H,63,79)/t25?,26?,33?,34?,36-,37?,39?,42?,43?,44?,45?,46?,47?,48?/m0/s1. The highest BCUT2D eigenvalue weighted by Gasteiger charge is 2.50. The molecule has 33 heteroatoms. The monoisotopic (exact) mass is 1270 g/mol. The quantitative estimate of drug-likeness (QED) is 0.0197. The number of nitrogens with two attached hydrogens (primary N) is 1. The van der Waals surface area contributed by atoms with Crippen LogP contribution in [0.5, 0.6) is 17.2 Å². The van der Waals surface area contributed by atoms with Crippen LogP contribution in [-0.2, 0) is 42.9 Å². The second-order valence-electron chi connectivity index (χ2n) is 21.6. The summed E-state index contributed by atoms with van der Waals surface area (Å²) in [6.07, 6.45) is -16.2. The average Bonchev–Trinajstić information content (AvgIpc) is 2.02. The van der Waals surface area contributed by atoms with Gasteiger partial charge in [-0.1, -0.05) is 46.6 Å². The number of carbonyl (C=O) groups is 8. The number of nitrogens with zero attached hydrogens (tertiary/aromatic N) is 4. The number of aliphatic hydroxyl groups excluding tert-OH is 7. The van der Waals surface area contributed by atoms with Crippen LogP contribution in [0, 0.1) is 5.92 Å². The molecule has 482 valence electrons. The van der Waals surface area contributed by atoms with E-state index >= 15 is 0 Å². The van der Waals surface area contributed by atoms with Gasteiger partial charge in [-0.3, -0.25) is 38.4 Å². The SMILES string of the molecule is COc1ccc(-c2ccc(-c3nnc(-c4ccc(C(=O)N[C@H]5CC(O)CNC(=O)C6C(O)C(C)CN6C(=O)C(C(O)CC(N)=O)NC(=O)C(C(O)C(O)c6ccc(O)c(OSOOO)c6)NC(=O)C6CC(O)CN6C(=O)C(C(C)O)NC5=O)cc4)o3)cc2)cc1. The summed E-state index contributed by atoms with van der Waals surface area (Å²) in [5.41, 5.74) is 7.82. The number of ether oxygens (including phenoxy) is 1. The number of benzene rings is 4. The fourth-order valence-corrected chi connectivity index (χ4v) is 10.7. The van der Waals surface area contributed by atoms with E-state index in [1.807, 2.05) is 36.4 Å². The van der Waals surface area contributed by atoms with E-state index in [1.54, 1.807) is 19.2 Å². The smallest absolute Gasteiger partial charge is 0.261 e. The van der Waals surface area contributed by atoms with Crippen molar-refractivity contribution in [3.05, 3.63) is 102 Å². The highest BCUT2D eigenvalue weighted by molar-refractivity contribution is 7.90. The fourth-order valence-electron chi connectivity index (χ4n) is 10.5. The maximum absolute atomic E-state index is 14.7. The number of fused-ring (bicyclic) bond motifs is 2. The summed E-state index contributed by atoms with van der Waals surface area (Å²) in [6, 6.07) is 11.1. The normalized spacial score (nSPS) is 25.2. The van der Waals surface area contributed by atoms with Crippen LogP contribution in [0.2, 0.25) is 0 Å². The summed E-state index contributed by atoms with van der Waals surface area (Å²) in [5, 5.41) is 122. The van der Waals surface area contributed by atoms with Gasteiger partial charge >= 0.3 is 0 Å². The number of hydrogen-bond donors (Lipinski definition) is 15. The fraction of sp³-hybridized carbons (Fsp3) is 0.404. The van der Waals surface area contributed by atoms with Gasteiger partial charge in [0.2, 0.25) is 53.1 Å². The number of amides is 8. The van der Waals surface area contributed by atoms with Crippen molar-refractivity contribution in [3.8, 4) is 51.3 Å². The van der Waals surface area contributed by atoms with Crippen molar-refractivity contribution < 1.29 is 107 Å². The van der Waals surface area contributed by atoms with E-state index in [0.717, 1.165) is 41.1 Å². The number of hydrogen-bond acceptors (Lipinski definition) is 25. The molecule has 3 aliphatic rings. The lowest BCUT2D eigenvalue weighted by Crippen LogP contribution is -2.64. The first-order valence-electron chi connectivity index (χ1n) is 27.9. The third-order valence-electron chi connectivity index (χ3n) is 15.3. The Balaban J connectivity index is 1.09. The molecule has 13 unspecified atom stereocenters. The van der Waals surface area contributed by atoms with Gasteiger partial charge in [0.25, 0.3) is 18.2 Å². The van der Waals surface area contributed by atoms with Crippen LogP contribution in [0.1, 0.15) is 55.1 Å². The van der Waals surface area contributed by atoms with Gasteiger partial charge in [-0.2, -0.15) is 0 Å². The lowest BCUT2D eigenvalue weighted by atomic mass is 9.96. The molecule has 8 amide bonds. The molecule has 4 aromatic carbocycles. The van der Waals surface area contributed by atoms with Crippen LogP contribution >= 0.6 is 12.3 Å². The number of nitrogens with one attached hydrogen (secondary N) is 5. The molecule has 3 aliphatic heterocycles. The molecule has 16 N–H and O–H groups in total. The van der Waals surface area contributed by atoms with Gasteiger partial charge in [0, 0.05) is 55.1 Å². The molecule has 0 aliphatic carbocycles. The molecule has 32 nitrogen and oxygen atoms in total. The van der Waals surface area contributed by atoms with Crippen molar-refractivity contribution >= 4 is 59.6 Å². The summed E-state index contributed by atoms with van der Waals surface area (Å²) in [7, 11) is 1.58. The third kappa shape index (κ3) is 15.7. The summed E-state index contributed by atoms with van der Waals surface area (Å²) >= 11 is -0.0277. The highest BCUT2D eigenvalue weighted by Crippen LogP contribution is 2.35. The predicted octanol–water partition coefficient (Wildman–Crippen LogP) is -2.54. The number of phenolic OH excluding ortho intramolecular Hbond substituents is 1. The molecule has 3 saturated heterocycles. The Morgan fingerprint density at radius 3 is 1.94 bits per heavy atom. The number of aromatic nitrogens is 2. The van der Waals surface area contributed by atoms with Crippen molar-refractivity contribution in [2.45, 2.75) is 112 Å². The number of β-amino-alcohol motifs (C(OH)–C–C–N with tert-alkyl or cyclic N) is 1. The lowest BCUT2D eigenvalue weighted by molar-refractivity contribution is -0.433. The van der Waals surface area contributed by atoms with E-state index in [0.29, 0.717) is 21.8 Å². The number of methoxy groups -OCH3 is 1. The summed E-state index contributed by atoms with van der Waals surface area (Å²) in [6.45, 7) is 0.637. The van der Waals surface area contributed by atoms with E-state index in [1.165, 1.54) is 31.2 Å². The Labute approximate surface area is 515 Å². The average molecular weight is 1280 g/mol. The van der Waals surface area contributed by atoms with Crippen LogP contribution < -0.4 is 41.2 Å². The van der Waals surface area contributed by atoms with Crippen molar-refractivity contribution in [3.63, 3.8) is 0 Å². The van der Waals surface area contributed by atoms with E-state index in [-0.39, 0.29) is 35.2 Å². The molecule has 8 rings (SSSR count). The minimum Gasteiger partial charge on any atom is -0.504 e. The molecule has 0 bridgehead atoms. The first kappa shape index (κ1) is 67.1. The minimum absolute atomic E-state index is 0.0277. The largest absolute Gasteiger partial charge is 0.504 e.